The maximum absolute atomic E-state index is 12.7. The number of anilines is 3. The summed E-state index contributed by atoms with van der Waals surface area (Å²) in [4.78, 5) is 37.4. The normalized spacial score (nSPS) is 21.4. The number of amides is 2. The Morgan fingerprint density at radius 1 is 1.19 bits per heavy atom. The fourth-order valence-corrected chi connectivity index (χ4v) is 3.53. The van der Waals surface area contributed by atoms with Gasteiger partial charge in [-0.05, 0) is 31.9 Å². The molecule has 0 unspecified atom stereocenters. The molecule has 2 heterocycles. The summed E-state index contributed by atoms with van der Waals surface area (Å²) in [6.45, 7) is 1.73. The summed E-state index contributed by atoms with van der Waals surface area (Å²) in [6, 6.07) is 5.79. The zero-order chi connectivity index (χ0) is 19.1. The highest BCUT2D eigenvalue weighted by Gasteiger charge is 2.48. The van der Waals surface area contributed by atoms with E-state index in [0.29, 0.717) is 18.5 Å². The molecule has 27 heavy (non-hydrogen) atoms. The number of nitro benzene ring substituents is 1. The van der Waals surface area contributed by atoms with Crippen LogP contribution in [0.2, 0.25) is 0 Å². The first-order chi connectivity index (χ1) is 13.0. The third-order valence-corrected chi connectivity index (χ3v) is 4.83. The summed E-state index contributed by atoms with van der Waals surface area (Å²) in [5.41, 5.74) is 0.736. The number of aromatic nitrogens is 1. The zero-order valence-electron chi connectivity index (χ0n) is 14.4. The van der Waals surface area contributed by atoms with E-state index in [1.165, 1.54) is 18.2 Å². The van der Waals surface area contributed by atoms with Gasteiger partial charge in [-0.1, -0.05) is 17.3 Å². The number of carbonyl (C=O) groups is 2. The highest BCUT2D eigenvalue weighted by Crippen LogP contribution is 2.40. The maximum Gasteiger partial charge on any atom is 0.294 e. The van der Waals surface area contributed by atoms with E-state index in [2.05, 4.69) is 10.5 Å². The standard InChI is InChI=1S/C18H16N4O5/c1-10-8-16(27-20-10)19-14-7-6-11(9-15(14)22(25)26)21-17(23)12-4-2-3-5-13(12)18(21)24/h2-3,6-9,12-13,19H,4-5H2,1H3/t12-,13-/m1/s1. The molecule has 1 aromatic heterocycles. The average Bonchev–Trinajstić information content (AvgIpc) is 3.17. The molecule has 2 aliphatic rings. The second-order valence-corrected chi connectivity index (χ2v) is 6.58. The topological polar surface area (TPSA) is 119 Å². The predicted molar refractivity (Wildman–Crippen MR) is 95.5 cm³/mol. The van der Waals surface area contributed by atoms with Gasteiger partial charge in [-0.2, -0.15) is 0 Å². The van der Waals surface area contributed by atoms with Gasteiger partial charge in [-0.25, -0.2) is 4.90 Å². The molecule has 0 saturated carbocycles. The van der Waals surface area contributed by atoms with Gasteiger partial charge >= 0.3 is 0 Å². The van der Waals surface area contributed by atoms with Gasteiger partial charge in [0.15, 0.2) is 0 Å². The number of imide groups is 1. The minimum absolute atomic E-state index is 0.179. The van der Waals surface area contributed by atoms with Crippen LogP contribution in [0.4, 0.5) is 22.9 Å². The molecule has 0 spiro atoms. The molecule has 1 saturated heterocycles. The van der Waals surface area contributed by atoms with Crippen LogP contribution in [-0.4, -0.2) is 21.9 Å². The van der Waals surface area contributed by atoms with Gasteiger partial charge in [0.1, 0.15) is 5.69 Å². The third-order valence-electron chi connectivity index (χ3n) is 4.83. The summed E-state index contributed by atoms with van der Waals surface area (Å²) in [6.07, 6.45) is 4.81. The van der Waals surface area contributed by atoms with Crippen molar-refractivity contribution in [2.45, 2.75) is 19.8 Å². The van der Waals surface area contributed by atoms with E-state index in [1.807, 2.05) is 12.2 Å². The van der Waals surface area contributed by atoms with E-state index < -0.39 is 16.8 Å². The minimum atomic E-state index is -0.575. The molecule has 1 aromatic carbocycles. The molecule has 1 fully saturated rings. The number of rotatable bonds is 4. The van der Waals surface area contributed by atoms with Gasteiger partial charge in [0.2, 0.25) is 17.7 Å². The summed E-state index contributed by atoms with van der Waals surface area (Å²) >= 11 is 0. The molecule has 4 rings (SSSR count). The predicted octanol–water partition coefficient (Wildman–Crippen LogP) is 3.09. The lowest BCUT2D eigenvalue weighted by molar-refractivity contribution is -0.383. The number of benzene rings is 1. The summed E-state index contributed by atoms with van der Waals surface area (Å²) < 4.78 is 5.02. The van der Waals surface area contributed by atoms with Gasteiger partial charge < -0.3 is 9.84 Å². The number of nitrogens with zero attached hydrogens (tertiary/aromatic N) is 3. The Kier molecular flexibility index (Phi) is 3.98. The van der Waals surface area contributed by atoms with E-state index in [4.69, 9.17) is 4.52 Å². The van der Waals surface area contributed by atoms with Gasteiger partial charge in [-0.15, -0.1) is 0 Å². The largest absolute Gasteiger partial charge is 0.338 e. The molecule has 9 heteroatoms. The van der Waals surface area contributed by atoms with Crippen LogP contribution in [0.1, 0.15) is 18.5 Å². The monoisotopic (exact) mass is 368 g/mol. The first-order valence-electron chi connectivity index (χ1n) is 8.47. The van der Waals surface area contributed by atoms with Gasteiger partial charge in [-0.3, -0.25) is 19.7 Å². The Morgan fingerprint density at radius 2 is 1.85 bits per heavy atom. The molecule has 2 aromatic rings. The third kappa shape index (κ3) is 2.86. The Balaban J connectivity index is 1.68. The van der Waals surface area contributed by atoms with Gasteiger partial charge in [0.05, 0.1) is 28.1 Å². The molecule has 0 radical (unpaired) electrons. The van der Waals surface area contributed by atoms with Gasteiger partial charge in [0, 0.05) is 12.1 Å². The summed E-state index contributed by atoms with van der Waals surface area (Å²) in [5.74, 6) is -1.15. The molecule has 1 N–H and O–H groups in total. The fraction of sp³-hybridized carbons (Fsp3) is 0.278. The number of fused-ring (bicyclic) bond motifs is 1. The zero-order valence-corrected chi connectivity index (χ0v) is 14.4. The van der Waals surface area contributed by atoms with Gasteiger partial charge in [0.25, 0.3) is 5.69 Å². The molecule has 1 aliphatic heterocycles. The van der Waals surface area contributed by atoms with Crippen molar-refractivity contribution in [2.75, 3.05) is 10.2 Å². The van der Waals surface area contributed by atoms with Crippen LogP contribution in [0, 0.1) is 28.9 Å². The molecular formula is C18H16N4O5. The molecule has 0 bridgehead atoms. The molecule has 138 valence electrons. The number of nitrogens with one attached hydrogen (secondary N) is 1. The Labute approximate surface area is 153 Å². The maximum atomic E-state index is 12.7. The Morgan fingerprint density at radius 3 is 2.41 bits per heavy atom. The van der Waals surface area contributed by atoms with E-state index in [9.17, 15) is 19.7 Å². The number of hydrogen-bond donors (Lipinski definition) is 1. The first-order valence-corrected chi connectivity index (χ1v) is 8.47. The smallest absolute Gasteiger partial charge is 0.294 e. The number of nitro groups is 1. The Hall–Kier alpha value is -3.49. The molecule has 1 aliphatic carbocycles. The summed E-state index contributed by atoms with van der Waals surface area (Å²) in [7, 11) is 0. The van der Waals surface area contributed by atoms with E-state index in [1.54, 1.807) is 13.0 Å². The lowest BCUT2D eigenvalue weighted by Crippen LogP contribution is -2.30. The Bertz CT molecular complexity index is 954. The minimum Gasteiger partial charge on any atom is -0.338 e. The van der Waals surface area contributed by atoms with Crippen LogP contribution in [0.15, 0.2) is 40.9 Å². The highest BCUT2D eigenvalue weighted by molar-refractivity contribution is 6.22. The average molecular weight is 368 g/mol. The fourth-order valence-electron chi connectivity index (χ4n) is 3.53. The number of allylic oxidation sites excluding steroid dienone is 2. The number of aryl methyl sites for hydroxylation is 1. The SMILES string of the molecule is Cc1cc(Nc2ccc(N3C(=O)[C@@H]4CC=CC[C@H]4C3=O)cc2[N+](=O)[O-])on1. The summed E-state index contributed by atoms with van der Waals surface area (Å²) in [5, 5.41) is 18.0. The first kappa shape index (κ1) is 17.0. The number of hydrogen-bond acceptors (Lipinski definition) is 7. The van der Waals surface area contributed by atoms with Crippen LogP contribution >= 0.6 is 0 Å². The number of carbonyl (C=O) groups excluding carboxylic acids is 2. The van der Waals surface area contributed by atoms with Crippen molar-refractivity contribution in [1.82, 2.24) is 5.16 Å². The van der Waals surface area contributed by atoms with Crippen LogP contribution in [0.3, 0.4) is 0 Å². The van der Waals surface area contributed by atoms with E-state index >= 15 is 0 Å². The molecule has 2 atom stereocenters. The van der Waals surface area contributed by atoms with Crippen molar-refractivity contribution >= 4 is 34.8 Å². The highest BCUT2D eigenvalue weighted by atomic mass is 16.6. The molecular weight excluding hydrogens is 352 g/mol. The van der Waals surface area contributed by atoms with Crippen molar-refractivity contribution < 1.29 is 19.0 Å². The lowest BCUT2D eigenvalue weighted by atomic mass is 9.85. The van der Waals surface area contributed by atoms with Crippen LogP contribution in [0.25, 0.3) is 0 Å². The van der Waals surface area contributed by atoms with Crippen molar-refractivity contribution in [2.24, 2.45) is 11.8 Å². The second-order valence-electron chi connectivity index (χ2n) is 6.58. The van der Waals surface area contributed by atoms with Crippen molar-refractivity contribution in [3.63, 3.8) is 0 Å². The quantitative estimate of drug-likeness (QED) is 0.381. The van der Waals surface area contributed by atoms with Crippen LogP contribution in [-0.2, 0) is 9.59 Å². The van der Waals surface area contributed by atoms with Crippen molar-refractivity contribution in [1.29, 1.82) is 0 Å². The lowest BCUT2D eigenvalue weighted by Gasteiger charge is -2.15. The van der Waals surface area contributed by atoms with Crippen molar-refractivity contribution in [3.05, 3.63) is 52.2 Å². The molecule has 2 amide bonds. The van der Waals surface area contributed by atoms with Crippen LogP contribution < -0.4 is 10.2 Å². The van der Waals surface area contributed by atoms with Crippen molar-refractivity contribution in [3.8, 4) is 0 Å². The van der Waals surface area contributed by atoms with E-state index in [-0.39, 0.29) is 34.8 Å². The van der Waals surface area contributed by atoms with Crippen LogP contribution in [0.5, 0.6) is 0 Å². The van der Waals surface area contributed by atoms with E-state index in [0.717, 1.165) is 4.90 Å². The second kappa shape index (κ2) is 6.35. The molecule has 9 nitrogen and oxygen atoms in total.